The molecule has 28 heavy (non-hydrogen) atoms. The Bertz CT molecular complexity index is 1080. The molecule has 0 bridgehead atoms. The number of carbonyl (C=O) groups excluding carboxylic acids is 1. The van der Waals surface area contributed by atoms with Crippen LogP contribution in [0, 0.1) is 22.7 Å². The third kappa shape index (κ3) is 4.47. The van der Waals surface area contributed by atoms with Gasteiger partial charge in [-0.3, -0.25) is 0 Å². The summed E-state index contributed by atoms with van der Waals surface area (Å²) < 4.78 is 7.13. The van der Waals surface area contributed by atoms with Crippen LogP contribution in [0.5, 0.6) is 0 Å². The highest BCUT2D eigenvalue weighted by Gasteiger charge is 2.16. The molecule has 1 aromatic heterocycles. The summed E-state index contributed by atoms with van der Waals surface area (Å²) in [4.78, 5) is 12.4. The number of hydrogen-bond acceptors (Lipinski definition) is 4. The number of rotatable bonds is 6. The van der Waals surface area contributed by atoms with Crippen LogP contribution in [0.25, 0.3) is 0 Å². The van der Waals surface area contributed by atoms with E-state index in [0.29, 0.717) is 36.3 Å². The first-order valence-electron chi connectivity index (χ1n) is 8.96. The fourth-order valence-corrected chi connectivity index (χ4v) is 3.10. The standard InChI is InChI=1S/C23H19N3O2/c1-2-28-23(27)22-16-26(14-20-8-4-7-19(10-20)13-25)15-21(22)11-17-5-3-6-18(9-17)12-24/h3-10,15-16H,2,11,14H2,1H3. The quantitative estimate of drug-likeness (QED) is 0.614. The van der Waals surface area contributed by atoms with Gasteiger partial charge in [0.2, 0.25) is 0 Å². The highest BCUT2D eigenvalue weighted by atomic mass is 16.5. The van der Waals surface area contributed by atoms with E-state index in [1.807, 2.05) is 47.2 Å². The lowest BCUT2D eigenvalue weighted by atomic mass is 10.0. The molecule has 0 atom stereocenters. The topological polar surface area (TPSA) is 78.8 Å². The Balaban J connectivity index is 1.92. The second-order valence-electron chi connectivity index (χ2n) is 6.39. The maximum atomic E-state index is 12.4. The third-order valence-corrected chi connectivity index (χ3v) is 4.33. The Morgan fingerprint density at radius 3 is 2.29 bits per heavy atom. The lowest BCUT2D eigenvalue weighted by Crippen LogP contribution is -2.06. The average molecular weight is 369 g/mol. The summed E-state index contributed by atoms with van der Waals surface area (Å²) in [5.41, 5.74) is 4.47. The maximum Gasteiger partial charge on any atom is 0.339 e. The number of carbonyl (C=O) groups is 1. The molecule has 0 aliphatic heterocycles. The van der Waals surface area contributed by atoms with Gasteiger partial charge < -0.3 is 9.30 Å². The van der Waals surface area contributed by atoms with Gasteiger partial charge in [-0.2, -0.15) is 10.5 Å². The van der Waals surface area contributed by atoms with Crippen LogP contribution in [0.1, 0.15) is 45.1 Å². The molecule has 0 N–H and O–H groups in total. The number of aromatic nitrogens is 1. The zero-order valence-corrected chi connectivity index (χ0v) is 15.6. The number of ether oxygens (including phenoxy) is 1. The van der Waals surface area contributed by atoms with Gasteiger partial charge in [-0.15, -0.1) is 0 Å². The summed E-state index contributed by atoms with van der Waals surface area (Å²) in [5, 5.41) is 18.2. The lowest BCUT2D eigenvalue weighted by Gasteiger charge is -2.04. The Hall–Kier alpha value is -3.83. The van der Waals surface area contributed by atoms with Crippen LogP contribution in [-0.4, -0.2) is 17.1 Å². The Kier molecular flexibility index (Phi) is 5.89. The number of esters is 1. The molecule has 0 aliphatic carbocycles. The Morgan fingerprint density at radius 2 is 1.64 bits per heavy atom. The molecule has 3 rings (SSSR count). The average Bonchev–Trinajstić information content (AvgIpc) is 3.10. The molecule has 1 heterocycles. The van der Waals surface area contributed by atoms with E-state index >= 15 is 0 Å². The molecule has 0 amide bonds. The van der Waals surface area contributed by atoms with E-state index in [-0.39, 0.29) is 5.97 Å². The molecule has 138 valence electrons. The lowest BCUT2D eigenvalue weighted by molar-refractivity contribution is 0.0525. The van der Waals surface area contributed by atoms with E-state index in [4.69, 9.17) is 15.3 Å². The van der Waals surface area contributed by atoms with Crippen molar-refractivity contribution in [3.8, 4) is 12.1 Å². The highest BCUT2D eigenvalue weighted by Crippen LogP contribution is 2.19. The van der Waals surface area contributed by atoms with Gasteiger partial charge in [-0.05, 0) is 54.3 Å². The zero-order chi connectivity index (χ0) is 19.9. The molecule has 0 aliphatic rings. The van der Waals surface area contributed by atoms with Gasteiger partial charge in [0.05, 0.1) is 35.4 Å². The Labute approximate surface area is 164 Å². The number of benzene rings is 2. The monoisotopic (exact) mass is 369 g/mol. The predicted octanol–water partition coefficient (Wildman–Crippen LogP) is 4.05. The van der Waals surface area contributed by atoms with Crippen LogP contribution in [0.2, 0.25) is 0 Å². The normalized spacial score (nSPS) is 10.1. The minimum atomic E-state index is -0.363. The molecule has 0 radical (unpaired) electrons. The van der Waals surface area contributed by atoms with Gasteiger partial charge in [0.25, 0.3) is 0 Å². The highest BCUT2D eigenvalue weighted by molar-refractivity contribution is 5.91. The molecule has 0 fully saturated rings. The largest absolute Gasteiger partial charge is 0.462 e. The van der Waals surface area contributed by atoms with Crippen LogP contribution in [0.15, 0.2) is 60.9 Å². The fourth-order valence-electron chi connectivity index (χ4n) is 3.10. The van der Waals surface area contributed by atoms with Crippen molar-refractivity contribution >= 4 is 5.97 Å². The van der Waals surface area contributed by atoms with Crippen molar-refractivity contribution in [1.82, 2.24) is 4.57 Å². The van der Waals surface area contributed by atoms with Crippen LogP contribution >= 0.6 is 0 Å². The molecular weight excluding hydrogens is 350 g/mol. The van der Waals surface area contributed by atoms with Crippen molar-refractivity contribution in [1.29, 1.82) is 10.5 Å². The van der Waals surface area contributed by atoms with Crippen LogP contribution in [-0.2, 0) is 17.7 Å². The third-order valence-electron chi connectivity index (χ3n) is 4.33. The van der Waals surface area contributed by atoms with E-state index < -0.39 is 0 Å². The first-order chi connectivity index (χ1) is 13.6. The fraction of sp³-hybridized carbons (Fsp3) is 0.174. The number of hydrogen-bond donors (Lipinski definition) is 0. The van der Waals surface area contributed by atoms with E-state index in [1.165, 1.54) is 0 Å². The van der Waals surface area contributed by atoms with Gasteiger partial charge in [0.1, 0.15) is 0 Å². The molecular formula is C23H19N3O2. The van der Waals surface area contributed by atoms with Gasteiger partial charge in [-0.25, -0.2) is 4.79 Å². The minimum Gasteiger partial charge on any atom is -0.462 e. The van der Waals surface area contributed by atoms with Crippen molar-refractivity contribution in [2.75, 3.05) is 6.61 Å². The molecule has 3 aromatic rings. The first kappa shape index (κ1) is 18.9. The number of nitriles is 2. The number of nitrogens with zero attached hydrogens (tertiary/aromatic N) is 3. The molecule has 2 aromatic carbocycles. The second kappa shape index (κ2) is 8.70. The summed E-state index contributed by atoms with van der Waals surface area (Å²) >= 11 is 0. The van der Waals surface area contributed by atoms with Crippen molar-refractivity contribution in [2.45, 2.75) is 19.9 Å². The first-order valence-corrected chi connectivity index (χ1v) is 8.96. The molecule has 0 spiro atoms. The van der Waals surface area contributed by atoms with Crippen molar-refractivity contribution < 1.29 is 9.53 Å². The molecule has 0 saturated carbocycles. The maximum absolute atomic E-state index is 12.4. The van der Waals surface area contributed by atoms with E-state index in [1.54, 1.807) is 25.3 Å². The van der Waals surface area contributed by atoms with Gasteiger partial charge >= 0.3 is 5.97 Å². The molecule has 5 nitrogen and oxygen atoms in total. The SMILES string of the molecule is CCOC(=O)c1cn(Cc2cccc(C#N)c2)cc1Cc1cccc(C#N)c1. The van der Waals surface area contributed by atoms with Gasteiger partial charge in [-0.1, -0.05) is 24.3 Å². The summed E-state index contributed by atoms with van der Waals surface area (Å²) in [6.45, 7) is 2.62. The molecule has 0 saturated heterocycles. The van der Waals surface area contributed by atoms with Crippen LogP contribution < -0.4 is 0 Å². The summed E-state index contributed by atoms with van der Waals surface area (Å²) in [6, 6.07) is 19.0. The van der Waals surface area contributed by atoms with Crippen molar-refractivity contribution in [3.05, 3.63) is 94.3 Å². The van der Waals surface area contributed by atoms with Crippen LogP contribution in [0.3, 0.4) is 0 Å². The minimum absolute atomic E-state index is 0.303. The van der Waals surface area contributed by atoms with Crippen molar-refractivity contribution in [2.24, 2.45) is 0 Å². The van der Waals surface area contributed by atoms with Gasteiger partial charge in [0.15, 0.2) is 0 Å². The summed E-state index contributed by atoms with van der Waals surface area (Å²) in [7, 11) is 0. The van der Waals surface area contributed by atoms with E-state index in [2.05, 4.69) is 12.1 Å². The zero-order valence-electron chi connectivity index (χ0n) is 15.6. The Morgan fingerprint density at radius 1 is 1.00 bits per heavy atom. The predicted molar refractivity (Wildman–Crippen MR) is 105 cm³/mol. The van der Waals surface area contributed by atoms with E-state index in [9.17, 15) is 4.79 Å². The molecule has 5 heteroatoms. The van der Waals surface area contributed by atoms with Crippen LogP contribution in [0.4, 0.5) is 0 Å². The summed E-state index contributed by atoms with van der Waals surface area (Å²) in [5.74, 6) is -0.363. The van der Waals surface area contributed by atoms with Crippen molar-refractivity contribution in [3.63, 3.8) is 0 Å². The smallest absolute Gasteiger partial charge is 0.339 e. The van der Waals surface area contributed by atoms with Gasteiger partial charge in [0, 0.05) is 18.9 Å². The molecule has 0 unspecified atom stereocenters. The van der Waals surface area contributed by atoms with E-state index in [0.717, 1.165) is 16.7 Å². The second-order valence-corrected chi connectivity index (χ2v) is 6.39. The summed E-state index contributed by atoms with van der Waals surface area (Å²) in [6.07, 6.45) is 4.22.